The number of rotatable bonds is 5. The van der Waals surface area contributed by atoms with Crippen molar-refractivity contribution in [2.45, 2.75) is 25.4 Å². The minimum absolute atomic E-state index is 0.0215. The standard InChI is InChI=1S/C20H20N2OS/c1-14-7-6-10-17-15(2)11-19(22-20(14)17)24-13-18(23)21-12-16-8-4-3-5-9-16/h3-11H,12-13H2,1-2H3,(H,21,23). The summed E-state index contributed by atoms with van der Waals surface area (Å²) in [7, 11) is 0. The number of para-hydroxylation sites is 1. The zero-order valence-corrected chi connectivity index (χ0v) is 14.7. The van der Waals surface area contributed by atoms with Crippen molar-refractivity contribution in [3.63, 3.8) is 0 Å². The molecular formula is C20H20N2OS. The molecule has 3 rings (SSSR count). The molecule has 0 saturated heterocycles. The Hall–Kier alpha value is -2.33. The summed E-state index contributed by atoms with van der Waals surface area (Å²) in [6.07, 6.45) is 0. The number of aromatic nitrogens is 1. The maximum absolute atomic E-state index is 12.0. The monoisotopic (exact) mass is 336 g/mol. The van der Waals surface area contributed by atoms with E-state index in [1.165, 1.54) is 22.7 Å². The Bertz CT molecular complexity index is 862. The second-order valence-corrected chi connectivity index (χ2v) is 6.80. The average molecular weight is 336 g/mol. The second kappa shape index (κ2) is 7.49. The lowest BCUT2D eigenvalue weighted by Crippen LogP contribution is -2.24. The van der Waals surface area contributed by atoms with Crippen molar-refractivity contribution >= 4 is 28.6 Å². The SMILES string of the molecule is Cc1cc(SCC(=O)NCc2ccccc2)nc2c(C)cccc12. The molecule has 2 aromatic carbocycles. The normalized spacial score (nSPS) is 10.8. The van der Waals surface area contributed by atoms with Gasteiger partial charge in [0.1, 0.15) is 0 Å². The smallest absolute Gasteiger partial charge is 0.230 e. The highest BCUT2D eigenvalue weighted by Crippen LogP contribution is 2.25. The molecule has 1 aromatic heterocycles. The van der Waals surface area contributed by atoms with Crippen LogP contribution in [0.2, 0.25) is 0 Å². The molecule has 4 heteroatoms. The van der Waals surface area contributed by atoms with E-state index in [0.717, 1.165) is 21.7 Å². The number of pyridine rings is 1. The summed E-state index contributed by atoms with van der Waals surface area (Å²) in [4.78, 5) is 16.8. The molecule has 0 atom stereocenters. The van der Waals surface area contributed by atoms with E-state index < -0.39 is 0 Å². The van der Waals surface area contributed by atoms with Gasteiger partial charge in [-0.3, -0.25) is 4.79 Å². The van der Waals surface area contributed by atoms with Crippen LogP contribution in [0.3, 0.4) is 0 Å². The predicted octanol–water partition coefficient (Wildman–Crippen LogP) is 4.26. The van der Waals surface area contributed by atoms with E-state index in [0.29, 0.717) is 12.3 Å². The average Bonchev–Trinajstić information content (AvgIpc) is 2.60. The number of aryl methyl sites for hydroxylation is 2. The molecule has 3 nitrogen and oxygen atoms in total. The third-order valence-electron chi connectivity index (χ3n) is 3.91. The predicted molar refractivity (Wildman–Crippen MR) is 100 cm³/mol. The molecule has 0 aliphatic carbocycles. The molecule has 0 radical (unpaired) electrons. The molecule has 0 aliphatic heterocycles. The molecule has 3 aromatic rings. The van der Waals surface area contributed by atoms with Gasteiger partial charge in [0, 0.05) is 11.9 Å². The van der Waals surface area contributed by atoms with Crippen LogP contribution in [0, 0.1) is 13.8 Å². The summed E-state index contributed by atoms with van der Waals surface area (Å²) in [5.41, 5.74) is 4.47. The number of thioether (sulfide) groups is 1. The van der Waals surface area contributed by atoms with Crippen molar-refractivity contribution in [3.8, 4) is 0 Å². The van der Waals surface area contributed by atoms with Gasteiger partial charge in [-0.1, -0.05) is 60.3 Å². The van der Waals surface area contributed by atoms with Gasteiger partial charge in [-0.2, -0.15) is 0 Å². The highest BCUT2D eigenvalue weighted by Gasteiger charge is 2.08. The first kappa shape index (κ1) is 16.5. The van der Waals surface area contributed by atoms with Crippen molar-refractivity contribution in [1.82, 2.24) is 10.3 Å². The fraction of sp³-hybridized carbons (Fsp3) is 0.200. The maximum Gasteiger partial charge on any atom is 0.230 e. The Morgan fingerprint density at radius 2 is 1.83 bits per heavy atom. The van der Waals surface area contributed by atoms with Crippen LogP contribution in [0.4, 0.5) is 0 Å². The molecule has 1 heterocycles. The molecule has 24 heavy (non-hydrogen) atoms. The first-order valence-electron chi connectivity index (χ1n) is 7.94. The Kier molecular flexibility index (Phi) is 5.16. The molecule has 122 valence electrons. The highest BCUT2D eigenvalue weighted by atomic mass is 32.2. The number of nitrogens with one attached hydrogen (secondary N) is 1. The number of nitrogens with zero attached hydrogens (tertiary/aromatic N) is 1. The molecule has 0 bridgehead atoms. The van der Waals surface area contributed by atoms with Crippen molar-refractivity contribution in [1.29, 1.82) is 0 Å². The zero-order chi connectivity index (χ0) is 16.9. The summed E-state index contributed by atoms with van der Waals surface area (Å²) >= 11 is 1.48. The molecule has 1 N–H and O–H groups in total. The third-order valence-corrected chi connectivity index (χ3v) is 4.82. The maximum atomic E-state index is 12.0. The van der Waals surface area contributed by atoms with Crippen LogP contribution < -0.4 is 5.32 Å². The summed E-state index contributed by atoms with van der Waals surface area (Å²) in [6, 6.07) is 18.2. The Morgan fingerprint density at radius 3 is 2.62 bits per heavy atom. The molecule has 0 fully saturated rings. The van der Waals surface area contributed by atoms with Crippen LogP contribution in [0.15, 0.2) is 59.6 Å². The number of carbonyl (C=O) groups excluding carboxylic acids is 1. The molecule has 0 aliphatic rings. The summed E-state index contributed by atoms with van der Waals surface area (Å²) in [6.45, 7) is 4.71. The number of benzene rings is 2. The second-order valence-electron chi connectivity index (χ2n) is 5.80. The fourth-order valence-electron chi connectivity index (χ4n) is 2.59. The minimum atomic E-state index is 0.0215. The van der Waals surface area contributed by atoms with E-state index in [1.807, 2.05) is 30.3 Å². The number of fused-ring (bicyclic) bond motifs is 1. The van der Waals surface area contributed by atoms with Crippen molar-refractivity contribution < 1.29 is 4.79 Å². The number of hydrogen-bond donors (Lipinski definition) is 1. The number of hydrogen-bond acceptors (Lipinski definition) is 3. The lowest BCUT2D eigenvalue weighted by molar-refractivity contribution is -0.118. The first-order valence-corrected chi connectivity index (χ1v) is 8.92. The van der Waals surface area contributed by atoms with E-state index in [9.17, 15) is 4.79 Å². The Labute approximate surface area is 146 Å². The minimum Gasteiger partial charge on any atom is -0.351 e. The van der Waals surface area contributed by atoms with E-state index in [2.05, 4.69) is 43.4 Å². The van der Waals surface area contributed by atoms with Crippen LogP contribution >= 0.6 is 11.8 Å². The zero-order valence-electron chi connectivity index (χ0n) is 13.9. The topological polar surface area (TPSA) is 42.0 Å². The van der Waals surface area contributed by atoms with Crippen molar-refractivity contribution in [3.05, 3.63) is 71.3 Å². The third kappa shape index (κ3) is 3.95. The molecular weight excluding hydrogens is 316 g/mol. The van der Waals surface area contributed by atoms with Crippen molar-refractivity contribution in [2.75, 3.05) is 5.75 Å². The van der Waals surface area contributed by atoms with Gasteiger partial charge in [0.15, 0.2) is 0 Å². The lowest BCUT2D eigenvalue weighted by atomic mass is 10.1. The van der Waals surface area contributed by atoms with Gasteiger partial charge in [0.25, 0.3) is 0 Å². The van der Waals surface area contributed by atoms with Gasteiger partial charge in [-0.05, 0) is 36.6 Å². The number of amides is 1. The van der Waals surface area contributed by atoms with E-state index in [1.54, 1.807) is 0 Å². The van der Waals surface area contributed by atoms with E-state index in [4.69, 9.17) is 4.98 Å². The van der Waals surface area contributed by atoms with Crippen LogP contribution in [-0.2, 0) is 11.3 Å². The van der Waals surface area contributed by atoms with Gasteiger partial charge in [-0.15, -0.1) is 0 Å². The molecule has 0 unspecified atom stereocenters. The Balaban J connectivity index is 1.63. The molecule has 1 amide bonds. The van der Waals surface area contributed by atoms with Gasteiger partial charge in [0.2, 0.25) is 5.91 Å². The van der Waals surface area contributed by atoms with E-state index in [-0.39, 0.29) is 5.91 Å². The summed E-state index contributed by atoms with van der Waals surface area (Å²) < 4.78 is 0. The molecule has 0 saturated carbocycles. The molecule has 0 spiro atoms. The van der Waals surface area contributed by atoms with Crippen LogP contribution in [-0.4, -0.2) is 16.6 Å². The first-order chi connectivity index (χ1) is 11.6. The largest absolute Gasteiger partial charge is 0.351 e. The Morgan fingerprint density at radius 1 is 1.04 bits per heavy atom. The van der Waals surface area contributed by atoms with Gasteiger partial charge in [-0.25, -0.2) is 4.98 Å². The summed E-state index contributed by atoms with van der Waals surface area (Å²) in [5.74, 6) is 0.393. The van der Waals surface area contributed by atoms with Gasteiger partial charge < -0.3 is 5.32 Å². The highest BCUT2D eigenvalue weighted by molar-refractivity contribution is 7.99. The quantitative estimate of drug-likeness (QED) is 0.708. The van der Waals surface area contributed by atoms with Gasteiger partial charge >= 0.3 is 0 Å². The van der Waals surface area contributed by atoms with E-state index >= 15 is 0 Å². The lowest BCUT2D eigenvalue weighted by Gasteiger charge is -2.09. The number of carbonyl (C=O) groups is 1. The fourth-order valence-corrected chi connectivity index (χ4v) is 3.39. The van der Waals surface area contributed by atoms with Crippen LogP contribution in [0.5, 0.6) is 0 Å². The van der Waals surface area contributed by atoms with Gasteiger partial charge in [0.05, 0.1) is 16.3 Å². The van der Waals surface area contributed by atoms with Crippen LogP contribution in [0.1, 0.15) is 16.7 Å². The van der Waals surface area contributed by atoms with Crippen LogP contribution in [0.25, 0.3) is 10.9 Å². The summed E-state index contributed by atoms with van der Waals surface area (Å²) in [5, 5.41) is 5.01. The van der Waals surface area contributed by atoms with Crippen molar-refractivity contribution in [2.24, 2.45) is 0 Å².